The fourth-order valence-corrected chi connectivity index (χ4v) is 2.58. The van der Waals surface area contributed by atoms with E-state index < -0.39 is 5.91 Å². The monoisotopic (exact) mass is 362 g/mol. The number of nitrogens with one attached hydrogen (secondary N) is 1. The molecule has 0 heterocycles. The molecule has 0 saturated heterocycles. The largest absolute Gasteiger partial charge is 0.504 e. The van der Waals surface area contributed by atoms with Crippen molar-refractivity contribution in [3.8, 4) is 17.6 Å². The Morgan fingerprint density at radius 1 is 1.33 bits per heavy atom. The normalized spacial score (nSPS) is 10.8. The molecule has 2 rings (SSSR count). The Morgan fingerprint density at radius 2 is 2.04 bits per heavy atom. The minimum atomic E-state index is -0.501. The molecule has 0 unspecified atom stereocenters. The van der Waals surface area contributed by atoms with Gasteiger partial charge < -0.3 is 15.2 Å². The molecule has 2 aromatic rings. The van der Waals surface area contributed by atoms with Crippen LogP contribution in [0.5, 0.6) is 11.5 Å². The molecular weight excluding hydrogens is 340 g/mol. The number of nitrogens with zero attached hydrogens (tertiary/aromatic N) is 1. The van der Waals surface area contributed by atoms with Gasteiger partial charge in [0.15, 0.2) is 11.5 Å². The number of aromatic hydroxyl groups is 1. The Balaban J connectivity index is 2.31. The molecule has 5 heteroatoms. The van der Waals surface area contributed by atoms with Crippen molar-refractivity contribution in [2.75, 3.05) is 12.4 Å². The second kappa shape index (κ2) is 9.25. The van der Waals surface area contributed by atoms with Crippen LogP contribution in [0, 0.1) is 11.3 Å². The van der Waals surface area contributed by atoms with E-state index in [9.17, 15) is 15.2 Å². The second-order valence-corrected chi connectivity index (χ2v) is 5.90. The molecule has 0 aliphatic rings. The molecule has 5 nitrogen and oxygen atoms in total. The number of aryl methyl sites for hydroxylation is 1. The summed E-state index contributed by atoms with van der Waals surface area (Å²) in [5, 5.41) is 22.3. The first-order chi connectivity index (χ1) is 13.0. The summed E-state index contributed by atoms with van der Waals surface area (Å²) in [6, 6.07) is 12.7. The Hall–Kier alpha value is -3.52. The second-order valence-electron chi connectivity index (χ2n) is 5.90. The summed E-state index contributed by atoms with van der Waals surface area (Å²) in [6.45, 7) is 5.72. The van der Waals surface area contributed by atoms with E-state index in [0.717, 1.165) is 12.0 Å². The van der Waals surface area contributed by atoms with Crippen molar-refractivity contribution in [1.82, 2.24) is 0 Å². The van der Waals surface area contributed by atoms with Gasteiger partial charge in [-0.05, 0) is 54.3 Å². The van der Waals surface area contributed by atoms with Gasteiger partial charge in [-0.15, -0.1) is 6.58 Å². The minimum Gasteiger partial charge on any atom is -0.504 e. The zero-order valence-corrected chi connectivity index (χ0v) is 15.5. The summed E-state index contributed by atoms with van der Waals surface area (Å²) in [7, 11) is 1.44. The Bertz CT molecular complexity index is 906. The molecule has 0 atom stereocenters. The Morgan fingerprint density at radius 3 is 2.59 bits per heavy atom. The SMILES string of the molecule is C=CCc1cc(/C=C(\C#N)C(=O)Nc2ccc(CC)cc2)cc(OC)c1O. The third-order valence-electron chi connectivity index (χ3n) is 4.06. The highest BCUT2D eigenvalue weighted by molar-refractivity contribution is 6.09. The van der Waals surface area contributed by atoms with Gasteiger partial charge in [-0.2, -0.15) is 5.26 Å². The molecule has 0 bridgehead atoms. The smallest absolute Gasteiger partial charge is 0.266 e. The minimum absolute atomic E-state index is 0.0218. The van der Waals surface area contributed by atoms with E-state index in [1.807, 2.05) is 18.2 Å². The average Bonchev–Trinajstić information content (AvgIpc) is 2.68. The Labute approximate surface area is 159 Å². The van der Waals surface area contributed by atoms with Crippen molar-refractivity contribution in [2.24, 2.45) is 0 Å². The summed E-state index contributed by atoms with van der Waals surface area (Å²) < 4.78 is 5.17. The number of amides is 1. The number of anilines is 1. The molecule has 0 spiro atoms. The molecule has 1 amide bonds. The summed E-state index contributed by atoms with van der Waals surface area (Å²) in [5.41, 5.74) is 2.91. The van der Waals surface area contributed by atoms with E-state index in [1.54, 1.807) is 30.3 Å². The Kier molecular flexibility index (Phi) is 6.79. The summed E-state index contributed by atoms with van der Waals surface area (Å²) >= 11 is 0. The molecule has 2 aromatic carbocycles. The number of hydrogen-bond donors (Lipinski definition) is 2. The van der Waals surface area contributed by atoms with Gasteiger partial charge >= 0.3 is 0 Å². The van der Waals surface area contributed by atoms with Crippen molar-refractivity contribution in [1.29, 1.82) is 5.26 Å². The van der Waals surface area contributed by atoms with Gasteiger partial charge in [0.2, 0.25) is 0 Å². The van der Waals surface area contributed by atoms with Crippen LogP contribution in [0.4, 0.5) is 5.69 Å². The van der Waals surface area contributed by atoms with Crippen molar-refractivity contribution in [3.05, 3.63) is 71.3 Å². The van der Waals surface area contributed by atoms with Crippen LogP contribution >= 0.6 is 0 Å². The van der Waals surface area contributed by atoms with Crippen molar-refractivity contribution < 1.29 is 14.6 Å². The number of phenols is 1. The molecule has 0 fully saturated rings. The molecular formula is C22H22N2O3. The van der Waals surface area contributed by atoms with Crippen molar-refractivity contribution in [2.45, 2.75) is 19.8 Å². The van der Waals surface area contributed by atoms with Crippen LogP contribution in [0.25, 0.3) is 6.08 Å². The van der Waals surface area contributed by atoms with Crippen LogP contribution < -0.4 is 10.1 Å². The number of phenolic OH excluding ortho intramolecular Hbond substituents is 1. The van der Waals surface area contributed by atoms with Crippen molar-refractivity contribution in [3.63, 3.8) is 0 Å². The molecule has 27 heavy (non-hydrogen) atoms. The number of carbonyl (C=O) groups excluding carboxylic acids is 1. The average molecular weight is 362 g/mol. The maximum atomic E-state index is 12.4. The van der Waals surface area contributed by atoms with Crippen molar-refractivity contribution >= 4 is 17.7 Å². The maximum Gasteiger partial charge on any atom is 0.266 e. The standard InChI is InChI=1S/C22H22N2O3/c1-4-6-17-11-16(13-20(27-3)21(17)25)12-18(14-23)22(26)24-19-9-7-15(5-2)8-10-19/h4,7-13,25H,1,5-6H2,2-3H3,(H,24,26)/b18-12+. The summed E-state index contributed by atoms with van der Waals surface area (Å²) in [4.78, 5) is 12.4. The number of nitriles is 1. The molecule has 0 saturated carbocycles. The first kappa shape index (κ1) is 19.8. The topological polar surface area (TPSA) is 82.4 Å². The van der Waals surface area contributed by atoms with Gasteiger partial charge in [0.05, 0.1) is 7.11 Å². The predicted octanol–water partition coefficient (Wildman–Crippen LogP) is 4.24. The quantitative estimate of drug-likeness (QED) is 0.438. The molecule has 0 aromatic heterocycles. The lowest BCUT2D eigenvalue weighted by molar-refractivity contribution is -0.112. The van der Waals surface area contributed by atoms with E-state index in [2.05, 4.69) is 18.8 Å². The van der Waals surface area contributed by atoms with Crippen LogP contribution in [-0.2, 0) is 17.6 Å². The van der Waals surface area contributed by atoms with Crippen LogP contribution in [-0.4, -0.2) is 18.1 Å². The molecule has 2 N–H and O–H groups in total. The summed E-state index contributed by atoms with van der Waals surface area (Å²) in [6.07, 6.45) is 4.46. The summed E-state index contributed by atoms with van der Waals surface area (Å²) in [5.74, 6) is -0.207. The fourth-order valence-electron chi connectivity index (χ4n) is 2.58. The number of ether oxygens (including phenoxy) is 1. The third kappa shape index (κ3) is 4.99. The van der Waals surface area contributed by atoms with E-state index in [4.69, 9.17) is 4.74 Å². The van der Waals surface area contributed by atoms with E-state index in [1.165, 1.54) is 13.2 Å². The van der Waals surface area contributed by atoms with Gasteiger partial charge in [0.25, 0.3) is 5.91 Å². The predicted molar refractivity (Wildman–Crippen MR) is 107 cm³/mol. The highest BCUT2D eigenvalue weighted by Crippen LogP contribution is 2.32. The molecule has 138 valence electrons. The van der Waals surface area contributed by atoms with Gasteiger partial charge in [-0.25, -0.2) is 0 Å². The number of methoxy groups -OCH3 is 1. The fraction of sp³-hybridized carbons (Fsp3) is 0.182. The lowest BCUT2D eigenvalue weighted by atomic mass is 10.0. The van der Waals surface area contributed by atoms with Gasteiger partial charge in [0.1, 0.15) is 11.6 Å². The first-order valence-corrected chi connectivity index (χ1v) is 8.55. The number of hydrogen-bond acceptors (Lipinski definition) is 4. The maximum absolute atomic E-state index is 12.4. The number of rotatable bonds is 7. The molecule has 0 aliphatic carbocycles. The number of allylic oxidation sites excluding steroid dienone is 1. The molecule has 0 aliphatic heterocycles. The lowest BCUT2D eigenvalue weighted by Crippen LogP contribution is -2.13. The van der Waals surface area contributed by atoms with E-state index >= 15 is 0 Å². The van der Waals surface area contributed by atoms with Gasteiger partial charge in [-0.3, -0.25) is 4.79 Å². The highest BCUT2D eigenvalue weighted by Gasteiger charge is 2.13. The molecule has 0 radical (unpaired) electrons. The van der Waals surface area contributed by atoms with Crippen LogP contribution in [0.3, 0.4) is 0 Å². The van der Waals surface area contributed by atoms with Crippen LogP contribution in [0.2, 0.25) is 0 Å². The van der Waals surface area contributed by atoms with E-state index in [-0.39, 0.29) is 17.1 Å². The first-order valence-electron chi connectivity index (χ1n) is 8.55. The number of carbonyl (C=O) groups is 1. The lowest BCUT2D eigenvalue weighted by Gasteiger charge is -2.10. The van der Waals surface area contributed by atoms with E-state index in [0.29, 0.717) is 23.2 Å². The van der Waals surface area contributed by atoms with Crippen LogP contribution in [0.15, 0.2) is 54.6 Å². The van der Waals surface area contributed by atoms with Gasteiger partial charge in [-0.1, -0.05) is 25.1 Å². The zero-order valence-electron chi connectivity index (χ0n) is 15.5. The zero-order chi connectivity index (χ0) is 19.8. The van der Waals surface area contributed by atoms with Gasteiger partial charge in [0, 0.05) is 11.3 Å². The number of benzene rings is 2. The third-order valence-corrected chi connectivity index (χ3v) is 4.06. The highest BCUT2D eigenvalue weighted by atomic mass is 16.5. The van der Waals surface area contributed by atoms with Crippen LogP contribution in [0.1, 0.15) is 23.6 Å².